The lowest BCUT2D eigenvalue weighted by Crippen LogP contribution is -2.32. The van der Waals surface area contributed by atoms with Crippen LogP contribution in [0.2, 0.25) is 0 Å². The molecule has 1 aliphatic rings. The molecule has 18 heavy (non-hydrogen) atoms. The van der Waals surface area contributed by atoms with Crippen LogP contribution >= 0.6 is 0 Å². The maximum Gasteiger partial charge on any atom is 0.222 e. The first-order chi connectivity index (χ1) is 8.79. The van der Waals surface area contributed by atoms with Gasteiger partial charge in [0, 0.05) is 32.8 Å². The van der Waals surface area contributed by atoms with E-state index in [1.54, 1.807) is 0 Å². The van der Waals surface area contributed by atoms with Gasteiger partial charge in [0.05, 0.1) is 0 Å². The Hall–Kier alpha value is -1.58. The summed E-state index contributed by atoms with van der Waals surface area (Å²) in [5, 5.41) is 2.99. The van der Waals surface area contributed by atoms with Gasteiger partial charge in [-0.3, -0.25) is 4.79 Å². The monoisotopic (exact) mass is 247 g/mol. The number of carbonyl (C=O) groups is 1. The molecular weight excluding hydrogens is 226 g/mol. The number of nitrogens with zero attached hydrogens (tertiary/aromatic N) is 2. The highest BCUT2D eigenvalue weighted by Gasteiger charge is 2.15. The number of aromatic nitrogens is 1. The van der Waals surface area contributed by atoms with Crippen molar-refractivity contribution in [2.75, 3.05) is 18.9 Å². The molecule has 1 fully saturated rings. The summed E-state index contributed by atoms with van der Waals surface area (Å²) in [6.45, 7) is 1.57. The minimum atomic E-state index is 0.285. The van der Waals surface area contributed by atoms with Crippen molar-refractivity contribution in [3.8, 4) is 0 Å². The predicted octanol–water partition coefficient (Wildman–Crippen LogP) is 2.42. The highest BCUT2D eigenvalue weighted by molar-refractivity contribution is 5.76. The number of amides is 1. The fraction of sp³-hybridized carbons (Fsp3) is 0.571. The molecule has 0 aliphatic carbocycles. The number of hydrogen-bond acceptors (Lipinski definition) is 3. The van der Waals surface area contributed by atoms with Crippen LogP contribution in [0.1, 0.15) is 37.7 Å². The number of carbonyl (C=O) groups excluding carboxylic acids is 1. The van der Waals surface area contributed by atoms with E-state index >= 15 is 0 Å². The van der Waals surface area contributed by atoms with E-state index in [1.165, 1.54) is 12.8 Å². The Morgan fingerprint density at radius 2 is 2.11 bits per heavy atom. The smallest absolute Gasteiger partial charge is 0.222 e. The van der Waals surface area contributed by atoms with Gasteiger partial charge in [0.25, 0.3) is 0 Å². The van der Waals surface area contributed by atoms with Gasteiger partial charge in [-0.05, 0) is 24.5 Å². The summed E-state index contributed by atoms with van der Waals surface area (Å²) in [6, 6.07) is 3.98. The fourth-order valence-corrected chi connectivity index (χ4v) is 2.27. The highest BCUT2D eigenvalue weighted by atomic mass is 16.2. The van der Waals surface area contributed by atoms with Crippen molar-refractivity contribution < 1.29 is 4.79 Å². The summed E-state index contributed by atoms with van der Waals surface area (Å²) in [6.07, 6.45) is 7.12. The number of likely N-dealkylation sites (tertiary alicyclic amines) is 1. The molecule has 0 saturated carbocycles. The van der Waals surface area contributed by atoms with E-state index in [0.29, 0.717) is 13.0 Å². The second-order valence-electron chi connectivity index (χ2n) is 4.78. The van der Waals surface area contributed by atoms with Gasteiger partial charge in [-0.1, -0.05) is 18.9 Å². The number of nitrogens with one attached hydrogen (secondary N) is 1. The summed E-state index contributed by atoms with van der Waals surface area (Å²) < 4.78 is 0. The van der Waals surface area contributed by atoms with E-state index in [-0.39, 0.29) is 5.91 Å². The number of hydrogen-bond donors (Lipinski definition) is 1. The number of pyridine rings is 1. The van der Waals surface area contributed by atoms with Crippen LogP contribution in [-0.2, 0) is 11.3 Å². The van der Waals surface area contributed by atoms with E-state index in [4.69, 9.17) is 0 Å². The van der Waals surface area contributed by atoms with Gasteiger partial charge in [-0.2, -0.15) is 0 Å². The van der Waals surface area contributed by atoms with Gasteiger partial charge >= 0.3 is 0 Å². The Bertz CT molecular complexity index is 389. The molecule has 1 aromatic rings. The van der Waals surface area contributed by atoms with Gasteiger partial charge in [0.1, 0.15) is 5.82 Å². The Balaban J connectivity index is 1.98. The molecule has 4 heteroatoms. The van der Waals surface area contributed by atoms with Crippen LogP contribution in [-0.4, -0.2) is 29.4 Å². The first-order valence-electron chi connectivity index (χ1n) is 6.70. The third kappa shape index (κ3) is 3.45. The molecule has 0 spiro atoms. The van der Waals surface area contributed by atoms with Crippen molar-refractivity contribution in [2.24, 2.45) is 0 Å². The van der Waals surface area contributed by atoms with Crippen LogP contribution in [0.15, 0.2) is 18.3 Å². The molecule has 1 amide bonds. The molecule has 1 saturated heterocycles. The molecule has 0 aromatic carbocycles. The topological polar surface area (TPSA) is 45.2 Å². The summed E-state index contributed by atoms with van der Waals surface area (Å²) >= 11 is 0. The largest absolute Gasteiger partial charge is 0.373 e. The highest BCUT2D eigenvalue weighted by Crippen LogP contribution is 2.15. The summed E-state index contributed by atoms with van der Waals surface area (Å²) in [4.78, 5) is 18.2. The SMILES string of the molecule is CNc1ccc(CN2CCCCCCC2=O)cn1. The lowest BCUT2D eigenvalue weighted by atomic mass is 10.1. The Morgan fingerprint density at radius 1 is 1.28 bits per heavy atom. The van der Waals surface area contributed by atoms with Crippen molar-refractivity contribution in [3.63, 3.8) is 0 Å². The maximum absolute atomic E-state index is 12.0. The molecule has 2 rings (SSSR count). The Labute approximate surface area is 108 Å². The van der Waals surface area contributed by atoms with E-state index in [1.807, 2.05) is 30.3 Å². The van der Waals surface area contributed by atoms with Crippen LogP contribution in [0.3, 0.4) is 0 Å². The summed E-state index contributed by atoms with van der Waals surface area (Å²) in [5.41, 5.74) is 1.10. The van der Waals surface area contributed by atoms with E-state index in [9.17, 15) is 4.79 Å². The van der Waals surface area contributed by atoms with Crippen molar-refractivity contribution in [2.45, 2.75) is 38.6 Å². The zero-order chi connectivity index (χ0) is 12.8. The number of rotatable bonds is 3. The van der Waals surface area contributed by atoms with Gasteiger partial charge in [-0.25, -0.2) is 4.98 Å². The molecule has 1 N–H and O–H groups in total. The molecule has 4 nitrogen and oxygen atoms in total. The summed E-state index contributed by atoms with van der Waals surface area (Å²) in [5.74, 6) is 1.14. The predicted molar refractivity (Wildman–Crippen MR) is 72.3 cm³/mol. The fourth-order valence-electron chi connectivity index (χ4n) is 2.27. The summed E-state index contributed by atoms with van der Waals surface area (Å²) in [7, 11) is 1.85. The minimum absolute atomic E-state index is 0.285. The van der Waals surface area contributed by atoms with E-state index in [2.05, 4.69) is 10.3 Å². The van der Waals surface area contributed by atoms with Crippen molar-refractivity contribution >= 4 is 11.7 Å². The lowest BCUT2D eigenvalue weighted by Gasteiger charge is -2.24. The normalized spacial score (nSPS) is 17.2. The molecule has 0 atom stereocenters. The molecule has 2 heterocycles. The second-order valence-corrected chi connectivity index (χ2v) is 4.78. The molecule has 0 radical (unpaired) electrons. The van der Waals surface area contributed by atoms with Crippen molar-refractivity contribution in [1.29, 1.82) is 0 Å². The molecule has 1 aromatic heterocycles. The first-order valence-corrected chi connectivity index (χ1v) is 6.70. The molecule has 98 valence electrons. The zero-order valence-electron chi connectivity index (χ0n) is 11.0. The molecular formula is C14H21N3O. The van der Waals surface area contributed by atoms with Crippen LogP contribution in [0.4, 0.5) is 5.82 Å². The molecule has 1 aliphatic heterocycles. The zero-order valence-corrected chi connectivity index (χ0v) is 11.0. The third-order valence-corrected chi connectivity index (χ3v) is 3.38. The standard InChI is InChI=1S/C14H21N3O/c1-15-13-8-7-12(10-16-13)11-17-9-5-3-2-4-6-14(17)18/h7-8,10H,2-6,9,11H2,1H3,(H,15,16). The average molecular weight is 247 g/mol. The lowest BCUT2D eigenvalue weighted by molar-refractivity contribution is -0.132. The Kier molecular flexibility index (Phi) is 4.56. The van der Waals surface area contributed by atoms with Crippen LogP contribution < -0.4 is 5.32 Å². The number of anilines is 1. The molecule has 0 bridgehead atoms. The minimum Gasteiger partial charge on any atom is -0.373 e. The van der Waals surface area contributed by atoms with Crippen molar-refractivity contribution in [1.82, 2.24) is 9.88 Å². The van der Waals surface area contributed by atoms with E-state index < -0.39 is 0 Å². The second kappa shape index (κ2) is 6.38. The molecule has 0 unspecified atom stereocenters. The van der Waals surface area contributed by atoms with Gasteiger partial charge in [0.2, 0.25) is 5.91 Å². The van der Waals surface area contributed by atoms with Crippen LogP contribution in [0.5, 0.6) is 0 Å². The van der Waals surface area contributed by atoms with Crippen LogP contribution in [0.25, 0.3) is 0 Å². The van der Waals surface area contributed by atoms with Gasteiger partial charge < -0.3 is 10.2 Å². The third-order valence-electron chi connectivity index (χ3n) is 3.38. The van der Waals surface area contributed by atoms with Crippen LogP contribution in [0, 0.1) is 0 Å². The van der Waals surface area contributed by atoms with Crippen molar-refractivity contribution in [3.05, 3.63) is 23.9 Å². The maximum atomic E-state index is 12.0. The van der Waals surface area contributed by atoms with E-state index in [0.717, 1.165) is 30.8 Å². The Morgan fingerprint density at radius 3 is 2.83 bits per heavy atom. The van der Waals surface area contributed by atoms with Gasteiger partial charge in [0.15, 0.2) is 0 Å². The quantitative estimate of drug-likeness (QED) is 0.892. The average Bonchev–Trinajstić information content (AvgIpc) is 2.39. The first kappa shape index (κ1) is 12.9. The van der Waals surface area contributed by atoms with Gasteiger partial charge in [-0.15, -0.1) is 0 Å².